The highest BCUT2D eigenvalue weighted by atomic mass is 35.5. The molecule has 0 saturated carbocycles. The molecule has 2 N–H and O–H groups in total. The van der Waals surface area contributed by atoms with Crippen LogP contribution in [0.25, 0.3) is 0 Å². The molecule has 0 aromatic carbocycles. The fraction of sp³-hybridized carbons (Fsp3) is 0.200. The number of aliphatic hydroxyl groups excluding tert-OH is 1. The van der Waals surface area contributed by atoms with Gasteiger partial charge in [0.1, 0.15) is 0 Å². The first kappa shape index (κ1) is 15.2. The van der Waals surface area contributed by atoms with Crippen molar-refractivity contribution in [2.45, 2.75) is 12.1 Å². The van der Waals surface area contributed by atoms with Crippen molar-refractivity contribution in [2.24, 2.45) is 0 Å². The van der Waals surface area contributed by atoms with Crippen molar-refractivity contribution >= 4 is 45.6 Å². The maximum absolute atomic E-state index is 10.2. The largest absolute Gasteiger partial charge is 0.387 e. The smallest absolute Gasteiger partial charge is 0.0931 e. The molecule has 0 amide bonds. The van der Waals surface area contributed by atoms with Gasteiger partial charge in [-0.25, -0.2) is 0 Å². The molecule has 0 bridgehead atoms. The van der Waals surface area contributed by atoms with Gasteiger partial charge in [0.2, 0.25) is 0 Å². The van der Waals surface area contributed by atoms with Gasteiger partial charge in [0.05, 0.1) is 16.5 Å². The highest BCUT2D eigenvalue weighted by Crippen LogP contribution is 2.33. The van der Waals surface area contributed by atoms with E-state index in [0.717, 1.165) is 9.90 Å². The number of halogens is 1. The quantitative estimate of drug-likeness (QED) is 0.656. The van der Waals surface area contributed by atoms with Crippen LogP contribution in [0, 0.1) is 0 Å². The zero-order valence-electron chi connectivity index (χ0n) is 11.0. The van der Waals surface area contributed by atoms with Crippen molar-refractivity contribution in [3.05, 3.63) is 66.1 Å². The first-order chi connectivity index (χ1) is 10.2. The second-order valence-electron chi connectivity index (χ2n) is 4.57. The summed E-state index contributed by atoms with van der Waals surface area (Å²) in [5.74, 6) is 0. The summed E-state index contributed by atoms with van der Waals surface area (Å²) in [5.41, 5.74) is 0.960. The van der Waals surface area contributed by atoms with Gasteiger partial charge in [0.15, 0.2) is 0 Å². The number of nitrogens with one attached hydrogen (secondary N) is 1. The van der Waals surface area contributed by atoms with Gasteiger partial charge in [-0.2, -0.15) is 11.3 Å². The summed E-state index contributed by atoms with van der Waals surface area (Å²) >= 11 is 10.9. The molecule has 0 aliphatic rings. The highest BCUT2D eigenvalue weighted by molar-refractivity contribution is 7.16. The summed E-state index contributed by atoms with van der Waals surface area (Å²) in [5, 5.41) is 19.7. The third kappa shape index (κ3) is 3.74. The van der Waals surface area contributed by atoms with E-state index < -0.39 is 6.10 Å². The van der Waals surface area contributed by atoms with Crippen LogP contribution in [0.2, 0.25) is 4.34 Å². The van der Waals surface area contributed by atoms with Crippen LogP contribution in [0.5, 0.6) is 0 Å². The normalized spacial score (nSPS) is 14.2. The lowest BCUT2D eigenvalue weighted by Crippen LogP contribution is -2.26. The molecule has 0 spiro atoms. The van der Waals surface area contributed by atoms with Crippen LogP contribution in [-0.4, -0.2) is 11.7 Å². The molecule has 0 aliphatic carbocycles. The zero-order chi connectivity index (χ0) is 14.7. The van der Waals surface area contributed by atoms with E-state index in [1.165, 1.54) is 9.75 Å². The number of hydrogen-bond donors (Lipinski definition) is 2. The number of aliphatic hydroxyl groups is 1. The molecule has 0 fully saturated rings. The Morgan fingerprint density at radius 1 is 1.14 bits per heavy atom. The molecule has 3 heterocycles. The maximum Gasteiger partial charge on any atom is 0.0931 e. The van der Waals surface area contributed by atoms with Gasteiger partial charge in [-0.3, -0.25) is 0 Å². The van der Waals surface area contributed by atoms with Gasteiger partial charge in [-0.15, -0.1) is 22.7 Å². The minimum Gasteiger partial charge on any atom is -0.387 e. The molecule has 2 atom stereocenters. The van der Waals surface area contributed by atoms with E-state index in [4.69, 9.17) is 11.6 Å². The van der Waals surface area contributed by atoms with Crippen molar-refractivity contribution in [1.29, 1.82) is 0 Å². The fourth-order valence-electron chi connectivity index (χ4n) is 2.09. The lowest BCUT2D eigenvalue weighted by Gasteiger charge is -2.18. The Labute approximate surface area is 140 Å². The summed E-state index contributed by atoms with van der Waals surface area (Å²) in [6.07, 6.45) is -0.492. The summed E-state index contributed by atoms with van der Waals surface area (Å²) in [6, 6.07) is 10.1. The monoisotopic (exact) mass is 355 g/mol. The topological polar surface area (TPSA) is 32.3 Å². The third-order valence-corrected chi connectivity index (χ3v) is 6.08. The van der Waals surface area contributed by atoms with Crippen molar-refractivity contribution in [1.82, 2.24) is 5.32 Å². The molecule has 0 radical (unpaired) electrons. The van der Waals surface area contributed by atoms with E-state index in [0.29, 0.717) is 6.54 Å². The van der Waals surface area contributed by atoms with Gasteiger partial charge in [-0.05, 0) is 46.0 Å². The van der Waals surface area contributed by atoms with E-state index in [-0.39, 0.29) is 6.04 Å². The number of rotatable bonds is 6. The van der Waals surface area contributed by atoms with Gasteiger partial charge < -0.3 is 10.4 Å². The lowest BCUT2D eigenvalue weighted by atomic mass is 10.1. The first-order valence-corrected chi connectivity index (χ1v) is 9.48. The van der Waals surface area contributed by atoms with Crippen LogP contribution in [-0.2, 0) is 0 Å². The average molecular weight is 356 g/mol. The van der Waals surface area contributed by atoms with Crippen molar-refractivity contribution < 1.29 is 5.11 Å². The Kier molecular flexibility index (Phi) is 5.11. The molecule has 0 aliphatic heterocycles. The van der Waals surface area contributed by atoms with Crippen molar-refractivity contribution in [2.75, 3.05) is 6.54 Å². The highest BCUT2D eigenvalue weighted by Gasteiger charge is 2.18. The van der Waals surface area contributed by atoms with Crippen molar-refractivity contribution in [3.8, 4) is 0 Å². The summed E-state index contributed by atoms with van der Waals surface area (Å²) in [6.45, 7) is 0.509. The molecule has 21 heavy (non-hydrogen) atoms. The lowest BCUT2D eigenvalue weighted by molar-refractivity contribution is 0.172. The second kappa shape index (κ2) is 7.05. The molecule has 3 aromatic heterocycles. The Hall–Kier alpha value is -0.690. The van der Waals surface area contributed by atoms with E-state index in [2.05, 4.69) is 16.8 Å². The SMILES string of the molecule is OC(CNC(c1cccs1)c1ccc(Cl)s1)c1ccsc1. The van der Waals surface area contributed by atoms with Crippen LogP contribution in [0.1, 0.15) is 27.5 Å². The molecular weight excluding hydrogens is 342 g/mol. The first-order valence-electron chi connectivity index (χ1n) is 6.46. The van der Waals surface area contributed by atoms with Gasteiger partial charge in [0, 0.05) is 16.3 Å². The minimum absolute atomic E-state index is 0.0794. The summed E-state index contributed by atoms with van der Waals surface area (Å²) in [7, 11) is 0. The summed E-state index contributed by atoms with van der Waals surface area (Å²) in [4.78, 5) is 2.39. The van der Waals surface area contributed by atoms with Gasteiger partial charge in [-0.1, -0.05) is 17.7 Å². The molecule has 2 unspecified atom stereocenters. The van der Waals surface area contributed by atoms with Gasteiger partial charge >= 0.3 is 0 Å². The molecule has 2 nitrogen and oxygen atoms in total. The maximum atomic E-state index is 10.2. The van der Waals surface area contributed by atoms with Crippen LogP contribution in [0.3, 0.4) is 0 Å². The zero-order valence-corrected chi connectivity index (χ0v) is 14.2. The third-order valence-electron chi connectivity index (χ3n) is 3.15. The Balaban J connectivity index is 1.74. The summed E-state index contributed by atoms with van der Waals surface area (Å²) < 4.78 is 0.784. The van der Waals surface area contributed by atoms with Crippen molar-refractivity contribution in [3.63, 3.8) is 0 Å². The Bertz CT molecular complexity index is 663. The molecule has 110 valence electrons. The van der Waals surface area contributed by atoms with Gasteiger partial charge in [0.25, 0.3) is 0 Å². The molecule has 3 rings (SSSR count). The standard InChI is InChI=1S/C15H14ClNOS3/c16-14-4-3-13(21-14)15(12-2-1-6-20-12)17-8-11(18)10-5-7-19-9-10/h1-7,9,11,15,17-18H,8H2. The molecular formula is C15H14ClNOS3. The van der Waals surface area contributed by atoms with Crippen LogP contribution >= 0.6 is 45.6 Å². The number of thiophene rings is 3. The second-order valence-corrected chi connectivity index (χ2v) is 8.08. The van der Waals surface area contributed by atoms with E-state index in [1.807, 2.05) is 35.0 Å². The fourth-order valence-corrected chi connectivity index (χ4v) is 4.85. The molecule has 3 aromatic rings. The predicted octanol–water partition coefficient (Wildman–Crippen LogP) is 4.94. The average Bonchev–Trinajstić information content (AvgIpc) is 3.21. The van der Waals surface area contributed by atoms with E-state index >= 15 is 0 Å². The Morgan fingerprint density at radius 2 is 2.05 bits per heavy atom. The Morgan fingerprint density at radius 3 is 2.67 bits per heavy atom. The molecule has 6 heteroatoms. The van der Waals surface area contributed by atoms with Crippen LogP contribution in [0.4, 0.5) is 0 Å². The minimum atomic E-state index is -0.492. The van der Waals surface area contributed by atoms with E-state index in [9.17, 15) is 5.11 Å². The predicted molar refractivity (Wildman–Crippen MR) is 92.8 cm³/mol. The van der Waals surface area contributed by atoms with Crippen LogP contribution in [0.15, 0.2) is 46.5 Å². The van der Waals surface area contributed by atoms with E-state index in [1.54, 1.807) is 34.0 Å². The van der Waals surface area contributed by atoms with Crippen LogP contribution < -0.4 is 5.32 Å². The molecule has 0 saturated heterocycles. The number of hydrogen-bond acceptors (Lipinski definition) is 5.